The average molecular weight is 265 g/mol. The van der Waals surface area contributed by atoms with Crippen molar-refractivity contribution in [3.8, 4) is 11.5 Å². The molecule has 1 N–H and O–H groups in total. The van der Waals surface area contributed by atoms with Gasteiger partial charge in [0.2, 0.25) is 0 Å². The van der Waals surface area contributed by atoms with Gasteiger partial charge in [0, 0.05) is 6.04 Å². The zero-order valence-corrected chi connectivity index (χ0v) is 12.8. The normalized spacial score (nSPS) is 12.5. The van der Waals surface area contributed by atoms with Crippen molar-refractivity contribution in [2.24, 2.45) is 5.92 Å². The molecular formula is C16H27NO2. The summed E-state index contributed by atoms with van der Waals surface area (Å²) in [6.07, 6.45) is 2.18. The largest absolute Gasteiger partial charge is 0.496 e. The maximum Gasteiger partial charge on any atom is 0.127 e. The monoisotopic (exact) mass is 265 g/mol. The minimum Gasteiger partial charge on any atom is -0.496 e. The Morgan fingerprint density at radius 3 is 2.11 bits per heavy atom. The molecule has 19 heavy (non-hydrogen) atoms. The van der Waals surface area contributed by atoms with E-state index < -0.39 is 0 Å². The first kappa shape index (κ1) is 15.8. The van der Waals surface area contributed by atoms with Crippen molar-refractivity contribution in [2.75, 3.05) is 20.8 Å². The molecule has 0 spiro atoms. The van der Waals surface area contributed by atoms with Crippen LogP contribution in [0.5, 0.6) is 11.5 Å². The molecule has 0 aromatic heterocycles. The third kappa shape index (κ3) is 4.43. The smallest absolute Gasteiger partial charge is 0.127 e. The fraction of sp³-hybridized carbons (Fsp3) is 0.625. The van der Waals surface area contributed by atoms with Gasteiger partial charge in [-0.2, -0.15) is 0 Å². The quantitative estimate of drug-likeness (QED) is 0.775. The standard InChI is InChI=1S/C16H27NO2/c1-6-10-17-13(11-12(2)3)16-14(18-4)8-7-9-15(16)19-5/h7-9,12-13,17H,6,10-11H2,1-5H3. The minimum absolute atomic E-state index is 0.269. The van der Waals surface area contributed by atoms with E-state index in [9.17, 15) is 0 Å². The van der Waals surface area contributed by atoms with Gasteiger partial charge in [0.1, 0.15) is 11.5 Å². The Kier molecular flexibility index (Phi) is 6.71. The fourth-order valence-corrected chi connectivity index (χ4v) is 2.32. The lowest BCUT2D eigenvalue weighted by Gasteiger charge is -2.24. The highest BCUT2D eigenvalue weighted by Crippen LogP contribution is 2.36. The summed E-state index contributed by atoms with van der Waals surface area (Å²) < 4.78 is 11.0. The van der Waals surface area contributed by atoms with Crippen LogP contribution in [0.4, 0.5) is 0 Å². The minimum atomic E-state index is 0.269. The highest BCUT2D eigenvalue weighted by Gasteiger charge is 2.21. The Hall–Kier alpha value is -1.22. The summed E-state index contributed by atoms with van der Waals surface area (Å²) in [5.74, 6) is 2.41. The molecule has 108 valence electrons. The van der Waals surface area contributed by atoms with Crippen LogP contribution in [0.15, 0.2) is 18.2 Å². The number of hydrogen-bond acceptors (Lipinski definition) is 3. The zero-order chi connectivity index (χ0) is 14.3. The number of benzene rings is 1. The highest BCUT2D eigenvalue weighted by atomic mass is 16.5. The third-order valence-electron chi connectivity index (χ3n) is 3.16. The van der Waals surface area contributed by atoms with Crippen molar-refractivity contribution in [3.63, 3.8) is 0 Å². The summed E-state index contributed by atoms with van der Waals surface area (Å²) in [6.45, 7) is 7.66. The van der Waals surface area contributed by atoms with Crippen molar-refractivity contribution in [1.82, 2.24) is 5.32 Å². The number of ether oxygens (including phenoxy) is 2. The molecule has 0 fully saturated rings. The molecule has 0 radical (unpaired) electrons. The van der Waals surface area contributed by atoms with Gasteiger partial charge < -0.3 is 14.8 Å². The molecule has 0 saturated heterocycles. The predicted molar refractivity (Wildman–Crippen MR) is 80.0 cm³/mol. The second-order valence-electron chi connectivity index (χ2n) is 5.21. The average Bonchev–Trinajstić information content (AvgIpc) is 2.42. The molecule has 0 aliphatic heterocycles. The van der Waals surface area contributed by atoms with Crippen LogP contribution in [0, 0.1) is 5.92 Å². The van der Waals surface area contributed by atoms with Gasteiger partial charge in [0.25, 0.3) is 0 Å². The van der Waals surface area contributed by atoms with Gasteiger partial charge in [-0.25, -0.2) is 0 Å². The maximum atomic E-state index is 5.51. The summed E-state index contributed by atoms with van der Waals surface area (Å²) in [5.41, 5.74) is 1.13. The maximum absolute atomic E-state index is 5.51. The summed E-state index contributed by atoms with van der Waals surface area (Å²) in [5, 5.41) is 3.61. The highest BCUT2D eigenvalue weighted by molar-refractivity contribution is 5.47. The molecule has 1 aromatic rings. The van der Waals surface area contributed by atoms with Crippen LogP contribution in [0.3, 0.4) is 0 Å². The Labute approximate surface area is 117 Å². The van der Waals surface area contributed by atoms with Crippen LogP contribution in [-0.2, 0) is 0 Å². The van der Waals surface area contributed by atoms with E-state index in [1.54, 1.807) is 14.2 Å². The SMILES string of the molecule is CCCNC(CC(C)C)c1c(OC)cccc1OC. The molecule has 1 atom stereocenters. The number of nitrogens with one attached hydrogen (secondary N) is 1. The lowest BCUT2D eigenvalue weighted by atomic mass is 9.95. The van der Waals surface area contributed by atoms with Crippen molar-refractivity contribution in [2.45, 2.75) is 39.7 Å². The van der Waals surface area contributed by atoms with Crippen LogP contribution < -0.4 is 14.8 Å². The molecule has 0 heterocycles. The molecule has 1 aromatic carbocycles. The van der Waals surface area contributed by atoms with Crippen molar-refractivity contribution >= 4 is 0 Å². The Bertz CT molecular complexity index is 355. The zero-order valence-electron chi connectivity index (χ0n) is 12.8. The molecule has 0 aliphatic rings. The van der Waals surface area contributed by atoms with Gasteiger partial charge in [-0.15, -0.1) is 0 Å². The molecule has 3 nitrogen and oxygen atoms in total. The fourth-order valence-electron chi connectivity index (χ4n) is 2.32. The topological polar surface area (TPSA) is 30.5 Å². The molecule has 3 heteroatoms. The second kappa shape index (κ2) is 8.05. The summed E-state index contributed by atoms with van der Waals surface area (Å²) in [7, 11) is 3.43. The molecule has 0 bridgehead atoms. The molecule has 0 saturated carbocycles. The first-order valence-corrected chi connectivity index (χ1v) is 7.08. The van der Waals surface area contributed by atoms with Crippen molar-refractivity contribution < 1.29 is 9.47 Å². The van der Waals surface area contributed by atoms with Crippen LogP contribution in [0.25, 0.3) is 0 Å². The Morgan fingerprint density at radius 1 is 1.11 bits per heavy atom. The second-order valence-corrected chi connectivity index (χ2v) is 5.21. The number of methoxy groups -OCH3 is 2. The first-order valence-electron chi connectivity index (χ1n) is 7.08. The van der Waals surface area contributed by atoms with E-state index in [4.69, 9.17) is 9.47 Å². The molecule has 0 amide bonds. The van der Waals surface area contributed by atoms with Crippen LogP contribution >= 0.6 is 0 Å². The van der Waals surface area contributed by atoms with Gasteiger partial charge in [-0.3, -0.25) is 0 Å². The number of hydrogen-bond donors (Lipinski definition) is 1. The molecular weight excluding hydrogens is 238 g/mol. The van der Waals surface area contributed by atoms with E-state index in [0.717, 1.165) is 36.4 Å². The Morgan fingerprint density at radius 2 is 1.68 bits per heavy atom. The molecule has 1 unspecified atom stereocenters. The van der Waals surface area contributed by atoms with E-state index in [-0.39, 0.29) is 6.04 Å². The Balaban J connectivity index is 3.10. The van der Waals surface area contributed by atoms with Crippen LogP contribution in [0.2, 0.25) is 0 Å². The van der Waals surface area contributed by atoms with Crippen molar-refractivity contribution in [1.29, 1.82) is 0 Å². The van der Waals surface area contributed by atoms with Gasteiger partial charge in [-0.1, -0.05) is 26.8 Å². The summed E-state index contributed by atoms with van der Waals surface area (Å²) >= 11 is 0. The molecule has 1 rings (SSSR count). The third-order valence-corrected chi connectivity index (χ3v) is 3.16. The van der Waals surface area contributed by atoms with E-state index in [2.05, 4.69) is 26.1 Å². The number of rotatable bonds is 8. The van der Waals surface area contributed by atoms with E-state index >= 15 is 0 Å². The summed E-state index contributed by atoms with van der Waals surface area (Å²) in [4.78, 5) is 0. The van der Waals surface area contributed by atoms with Gasteiger partial charge in [0.05, 0.1) is 19.8 Å². The van der Waals surface area contributed by atoms with Crippen LogP contribution in [0.1, 0.15) is 45.2 Å². The van der Waals surface area contributed by atoms with Gasteiger partial charge >= 0.3 is 0 Å². The summed E-state index contributed by atoms with van der Waals surface area (Å²) in [6, 6.07) is 6.23. The van der Waals surface area contributed by atoms with Gasteiger partial charge in [-0.05, 0) is 37.4 Å². The first-order chi connectivity index (χ1) is 9.13. The lowest BCUT2D eigenvalue weighted by molar-refractivity contribution is 0.354. The lowest BCUT2D eigenvalue weighted by Crippen LogP contribution is -2.24. The van der Waals surface area contributed by atoms with E-state index in [1.165, 1.54) is 0 Å². The van der Waals surface area contributed by atoms with Gasteiger partial charge in [0.15, 0.2) is 0 Å². The van der Waals surface area contributed by atoms with E-state index in [1.807, 2.05) is 18.2 Å². The predicted octanol–water partition coefficient (Wildman–Crippen LogP) is 3.79. The van der Waals surface area contributed by atoms with Crippen molar-refractivity contribution in [3.05, 3.63) is 23.8 Å². The van der Waals surface area contributed by atoms with Crippen LogP contribution in [-0.4, -0.2) is 20.8 Å². The molecule has 0 aliphatic carbocycles. The van der Waals surface area contributed by atoms with E-state index in [0.29, 0.717) is 5.92 Å².